The molecule has 1 amide bonds. The van der Waals surface area contributed by atoms with Crippen LogP contribution in [0.4, 0.5) is 5.69 Å². The molecule has 0 aliphatic carbocycles. The SMILES string of the molecule is Cc1c(Cl)cccc1NC(=O)CSc1ccc(-c2ccccc2)nn1. The number of anilines is 1. The van der Waals surface area contributed by atoms with Crippen molar-refractivity contribution in [2.75, 3.05) is 11.1 Å². The molecule has 6 heteroatoms. The van der Waals surface area contributed by atoms with Crippen LogP contribution in [0.1, 0.15) is 5.56 Å². The van der Waals surface area contributed by atoms with Crippen LogP contribution in [0.2, 0.25) is 5.02 Å². The summed E-state index contributed by atoms with van der Waals surface area (Å²) in [7, 11) is 0. The Labute approximate surface area is 155 Å². The van der Waals surface area contributed by atoms with Gasteiger partial charge in [-0.05, 0) is 36.8 Å². The molecule has 2 aromatic carbocycles. The number of hydrogen-bond acceptors (Lipinski definition) is 4. The van der Waals surface area contributed by atoms with E-state index >= 15 is 0 Å². The minimum atomic E-state index is -0.107. The topological polar surface area (TPSA) is 54.9 Å². The van der Waals surface area contributed by atoms with Gasteiger partial charge in [-0.25, -0.2) is 0 Å². The van der Waals surface area contributed by atoms with E-state index in [4.69, 9.17) is 11.6 Å². The first-order chi connectivity index (χ1) is 12.1. The van der Waals surface area contributed by atoms with E-state index in [1.807, 2.05) is 61.5 Å². The molecule has 1 N–H and O–H groups in total. The van der Waals surface area contributed by atoms with Crippen LogP contribution in [0.5, 0.6) is 0 Å². The molecule has 0 aliphatic rings. The monoisotopic (exact) mass is 369 g/mol. The predicted molar refractivity (Wildman–Crippen MR) is 103 cm³/mol. The minimum absolute atomic E-state index is 0.107. The Hall–Kier alpha value is -2.37. The van der Waals surface area contributed by atoms with E-state index in [9.17, 15) is 4.79 Å². The Bertz CT molecular complexity index is 870. The van der Waals surface area contributed by atoms with Crippen molar-refractivity contribution in [3.8, 4) is 11.3 Å². The normalized spacial score (nSPS) is 10.5. The van der Waals surface area contributed by atoms with Gasteiger partial charge in [0.1, 0.15) is 5.03 Å². The molecule has 0 unspecified atom stereocenters. The van der Waals surface area contributed by atoms with E-state index in [-0.39, 0.29) is 11.7 Å². The zero-order valence-corrected chi connectivity index (χ0v) is 15.1. The van der Waals surface area contributed by atoms with E-state index in [1.54, 1.807) is 6.07 Å². The molecule has 3 rings (SSSR count). The summed E-state index contributed by atoms with van der Waals surface area (Å²) in [4.78, 5) is 12.1. The maximum atomic E-state index is 12.1. The highest BCUT2D eigenvalue weighted by Gasteiger charge is 2.08. The number of nitrogens with zero attached hydrogens (tertiary/aromatic N) is 2. The molecule has 25 heavy (non-hydrogen) atoms. The Balaban J connectivity index is 1.58. The summed E-state index contributed by atoms with van der Waals surface area (Å²) in [6.07, 6.45) is 0. The molecule has 0 saturated carbocycles. The van der Waals surface area contributed by atoms with Crippen molar-refractivity contribution in [2.45, 2.75) is 11.9 Å². The summed E-state index contributed by atoms with van der Waals surface area (Å²) in [6, 6.07) is 19.1. The molecule has 3 aromatic rings. The molecular weight excluding hydrogens is 354 g/mol. The fourth-order valence-electron chi connectivity index (χ4n) is 2.23. The van der Waals surface area contributed by atoms with Crippen LogP contribution < -0.4 is 5.32 Å². The van der Waals surface area contributed by atoms with Crippen LogP contribution in [0.25, 0.3) is 11.3 Å². The van der Waals surface area contributed by atoms with Crippen LogP contribution in [0.15, 0.2) is 65.7 Å². The van der Waals surface area contributed by atoms with Gasteiger partial charge in [-0.15, -0.1) is 10.2 Å². The fraction of sp³-hybridized carbons (Fsp3) is 0.105. The molecule has 0 spiro atoms. The first-order valence-electron chi connectivity index (χ1n) is 7.70. The highest BCUT2D eigenvalue weighted by Crippen LogP contribution is 2.24. The molecule has 0 bridgehead atoms. The molecule has 0 fully saturated rings. The number of nitrogens with one attached hydrogen (secondary N) is 1. The van der Waals surface area contributed by atoms with Crippen molar-refractivity contribution in [1.29, 1.82) is 0 Å². The van der Waals surface area contributed by atoms with Gasteiger partial charge in [0.2, 0.25) is 5.91 Å². The van der Waals surface area contributed by atoms with Crippen molar-refractivity contribution in [3.63, 3.8) is 0 Å². The standard InChI is InChI=1S/C19H16ClN3OS/c1-13-15(20)8-5-9-16(13)21-18(24)12-25-19-11-10-17(22-23-19)14-6-3-2-4-7-14/h2-11H,12H2,1H3,(H,21,24). The average molecular weight is 370 g/mol. The van der Waals surface area contributed by atoms with Crippen molar-refractivity contribution in [3.05, 3.63) is 71.2 Å². The summed E-state index contributed by atoms with van der Waals surface area (Å²) in [5.74, 6) is 0.148. The van der Waals surface area contributed by atoms with E-state index in [0.717, 1.165) is 22.5 Å². The lowest BCUT2D eigenvalue weighted by Crippen LogP contribution is -2.15. The number of thioether (sulfide) groups is 1. The zero-order valence-electron chi connectivity index (χ0n) is 13.6. The van der Waals surface area contributed by atoms with Gasteiger partial charge in [0, 0.05) is 16.3 Å². The van der Waals surface area contributed by atoms with E-state index in [1.165, 1.54) is 11.8 Å². The van der Waals surface area contributed by atoms with Crippen molar-refractivity contribution in [1.82, 2.24) is 10.2 Å². The van der Waals surface area contributed by atoms with E-state index < -0.39 is 0 Å². The van der Waals surface area contributed by atoms with Crippen LogP contribution in [-0.4, -0.2) is 21.9 Å². The maximum absolute atomic E-state index is 12.1. The molecule has 0 atom stereocenters. The predicted octanol–water partition coefficient (Wildman–Crippen LogP) is 4.84. The van der Waals surface area contributed by atoms with Gasteiger partial charge in [-0.2, -0.15) is 0 Å². The van der Waals surface area contributed by atoms with Gasteiger partial charge in [0.15, 0.2) is 0 Å². The number of carbonyl (C=O) groups is 1. The fourth-order valence-corrected chi connectivity index (χ4v) is 3.02. The summed E-state index contributed by atoms with van der Waals surface area (Å²) >= 11 is 7.40. The Kier molecular flexibility index (Phi) is 5.68. The zero-order chi connectivity index (χ0) is 17.6. The maximum Gasteiger partial charge on any atom is 0.234 e. The smallest absolute Gasteiger partial charge is 0.234 e. The number of rotatable bonds is 5. The van der Waals surface area contributed by atoms with Crippen LogP contribution in [0, 0.1) is 6.92 Å². The van der Waals surface area contributed by atoms with Crippen molar-refractivity contribution >= 4 is 35.0 Å². The average Bonchev–Trinajstić information content (AvgIpc) is 2.65. The number of benzene rings is 2. The van der Waals surface area contributed by atoms with Gasteiger partial charge < -0.3 is 5.32 Å². The Morgan fingerprint density at radius 1 is 1.04 bits per heavy atom. The summed E-state index contributed by atoms with van der Waals surface area (Å²) < 4.78 is 0. The molecule has 4 nitrogen and oxygen atoms in total. The Morgan fingerprint density at radius 2 is 1.84 bits per heavy atom. The van der Waals surface area contributed by atoms with Gasteiger partial charge in [-0.1, -0.05) is 59.8 Å². The largest absolute Gasteiger partial charge is 0.325 e. The highest BCUT2D eigenvalue weighted by atomic mass is 35.5. The second-order valence-corrected chi connectivity index (χ2v) is 6.77. The third-order valence-electron chi connectivity index (χ3n) is 3.60. The van der Waals surface area contributed by atoms with Gasteiger partial charge in [0.05, 0.1) is 11.4 Å². The molecule has 0 saturated heterocycles. The summed E-state index contributed by atoms with van der Waals surface area (Å²) in [5, 5.41) is 12.6. The summed E-state index contributed by atoms with van der Waals surface area (Å²) in [6.45, 7) is 1.87. The van der Waals surface area contributed by atoms with Crippen LogP contribution >= 0.6 is 23.4 Å². The number of halogens is 1. The molecule has 1 heterocycles. The summed E-state index contributed by atoms with van der Waals surface area (Å²) in [5.41, 5.74) is 3.41. The van der Waals surface area contributed by atoms with Crippen molar-refractivity contribution < 1.29 is 4.79 Å². The Morgan fingerprint density at radius 3 is 2.56 bits per heavy atom. The first kappa shape index (κ1) is 17.5. The van der Waals surface area contributed by atoms with Gasteiger partial charge >= 0.3 is 0 Å². The van der Waals surface area contributed by atoms with Crippen LogP contribution in [-0.2, 0) is 4.79 Å². The number of carbonyl (C=O) groups excluding carboxylic acids is 1. The molecule has 0 radical (unpaired) electrons. The lowest BCUT2D eigenvalue weighted by Gasteiger charge is -2.09. The number of aromatic nitrogens is 2. The van der Waals surface area contributed by atoms with Gasteiger partial charge in [0.25, 0.3) is 0 Å². The third-order valence-corrected chi connectivity index (χ3v) is 4.93. The molecule has 126 valence electrons. The lowest BCUT2D eigenvalue weighted by molar-refractivity contribution is -0.113. The highest BCUT2D eigenvalue weighted by molar-refractivity contribution is 7.99. The van der Waals surface area contributed by atoms with Gasteiger partial charge in [-0.3, -0.25) is 4.79 Å². The van der Waals surface area contributed by atoms with E-state index in [0.29, 0.717) is 10.0 Å². The number of hydrogen-bond donors (Lipinski definition) is 1. The van der Waals surface area contributed by atoms with E-state index in [2.05, 4.69) is 15.5 Å². The lowest BCUT2D eigenvalue weighted by atomic mass is 10.1. The minimum Gasteiger partial charge on any atom is -0.325 e. The molecular formula is C19H16ClN3OS. The second-order valence-electron chi connectivity index (χ2n) is 5.37. The number of amides is 1. The van der Waals surface area contributed by atoms with Crippen molar-refractivity contribution in [2.24, 2.45) is 0 Å². The first-order valence-corrected chi connectivity index (χ1v) is 9.07. The van der Waals surface area contributed by atoms with Crippen LogP contribution in [0.3, 0.4) is 0 Å². The quantitative estimate of drug-likeness (QED) is 0.654. The second kappa shape index (κ2) is 8.14. The molecule has 0 aliphatic heterocycles. The third kappa shape index (κ3) is 4.59. The molecule has 1 aromatic heterocycles.